The summed E-state index contributed by atoms with van der Waals surface area (Å²) < 4.78 is 9.51. The van der Waals surface area contributed by atoms with Crippen LogP contribution in [0.1, 0.15) is 12.7 Å². The number of carbonyl (C=O) groups is 2. The van der Waals surface area contributed by atoms with Gasteiger partial charge in [-0.25, -0.2) is 0 Å². The standard InChI is InChI=1S/C11H17N3O5/c1-7-4-8(14-19-7)13-10(16)9(15)12-5-11(2,17)6-18-3/h4,17H,5-6H2,1-3H3,(H,12,15)(H,13,14,16)/t11-/m1/s1. The van der Waals surface area contributed by atoms with Gasteiger partial charge >= 0.3 is 11.8 Å². The molecule has 0 aliphatic carbocycles. The maximum Gasteiger partial charge on any atom is 0.314 e. The average Bonchev–Trinajstić information content (AvgIpc) is 2.71. The fourth-order valence-corrected chi connectivity index (χ4v) is 1.31. The van der Waals surface area contributed by atoms with Crippen LogP contribution in [0.15, 0.2) is 10.6 Å². The van der Waals surface area contributed by atoms with Crippen LogP contribution >= 0.6 is 0 Å². The van der Waals surface area contributed by atoms with Crippen molar-refractivity contribution in [2.75, 3.05) is 25.6 Å². The Bertz CT molecular complexity index is 455. The van der Waals surface area contributed by atoms with Crippen LogP contribution in [0.5, 0.6) is 0 Å². The van der Waals surface area contributed by atoms with Gasteiger partial charge in [-0.1, -0.05) is 5.16 Å². The van der Waals surface area contributed by atoms with Crippen molar-refractivity contribution in [2.45, 2.75) is 19.4 Å². The lowest BCUT2D eigenvalue weighted by Gasteiger charge is -2.22. The molecule has 1 aromatic heterocycles. The number of methoxy groups -OCH3 is 1. The zero-order chi connectivity index (χ0) is 14.5. The van der Waals surface area contributed by atoms with Gasteiger partial charge in [-0.3, -0.25) is 14.9 Å². The number of aromatic nitrogens is 1. The lowest BCUT2D eigenvalue weighted by Crippen LogP contribution is -2.46. The number of nitrogens with one attached hydrogen (secondary N) is 2. The van der Waals surface area contributed by atoms with E-state index in [1.807, 2.05) is 0 Å². The highest BCUT2D eigenvalue weighted by atomic mass is 16.5. The summed E-state index contributed by atoms with van der Waals surface area (Å²) in [5, 5.41) is 17.8. The molecule has 0 unspecified atom stereocenters. The summed E-state index contributed by atoms with van der Waals surface area (Å²) in [7, 11) is 1.43. The molecule has 1 heterocycles. The van der Waals surface area contributed by atoms with Crippen molar-refractivity contribution >= 4 is 17.6 Å². The molecule has 8 nitrogen and oxygen atoms in total. The van der Waals surface area contributed by atoms with E-state index in [4.69, 9.17) is 9.26 Å². The quantitative estimate of drug-likeness (QED) is 0.618. The molecule has 0 aromatic carbocycles. The van der Waals surface area contributed by atoms with Crippen molar-refractivity contribution in [1.29, 1.82) is 0 Å². The van der Waals surface area contributed by atoms with Gasteiger partial charge in [0.15, 0.2) is 5.82 Å². The van der Waals surface area contributed by atoms with Gasteiger partial charge < -0.3 is 19.7 Å². The molecular weight excluding hydrogens is 254 g/mol. The molecule has 0 saturated heterocycles. The third-order valence-corrected chi connectivity index (χ3v) is 2.16. The highest BCUT2D eigenvalue weighted by Crippen LogP contribution is 2.06. The molecule has 0 radical (unpaired) electrons. The number of nitrogens with zero attached hydrogens (tertiary/aromatic N) is 1. The van der Waals surface area contributed by atoms with Crippen LogP contribution in [0.25, 0.3) is 0 Å². The number of hydrogen-bond acceptors (Lipinski definition) is 6. The van der Waals surface area contributed by atoms with E-state index in [0.29, 0.717) is 5.76 Å². The summed E-state index contributed by atoms with van der Waals surface area (Å²) in [5.41, 5.74) is -1.24. The predicted octanol–water partition coefficient (Wildman–Crippen LogP) is -0.565. The van der Waals surface area contributed by atoms with Crippen LogP contribution < -0.4 is 10.6 Å². The Balaban J connectivity index is 2.43. The number of aryl methyl sites for hydroxylation is 1. The Morgan fingerprint density at radius 3 is 2.74 bits per heavy atom. The molecule has 1 rings (SSSR count). The first-order chi connectivity index (χ1) is 8.84. The first-order valence-corrected chi connectivity index (χ1v) is 5.58. The molecule has 0 aliphatic heterocycles. The number of amides is 2. The van der Waals surface area contributed by atoms with Gasteiger partial charge in [0.25, 0.3) is 0 Å². The first kappa shape index (κ1) is 15.1. The summed E-state index contributed by atoms with van der Waals surface area (Å²) in [6.07, 6.45) is 0. The summed E-state index contributed by atoms with van der Waals surface area (Å²) in [6.45, 7) is 3.07. The molecule has 0 saturated carbocycles. The third-order valence-electron chi connectivity index (χ3n) is 2.16. The van der Waals surface area contributed by atoms with Gasteiger partial charge in [-0.05, 0) is 13.8 Å². The average molecular weight is 271 g/mol. The van der Waals surface area contributed by atoms with Gasteiger partial charge in [0.1, 0.15) is 11.4 Å². The normalized spacial score (nSPS) is 13.7. The minimum absolute atomic E-state index is 0.0391. The first-order valence-electron chi connectivity index (χ1n) is 5.58. The zero-order valence-corrected chi connectivity index (χ0v) is 11.0. The zero-order valence-electron chi connectivity index (χ0n) is 11.0. The highest BCUT2D eigenvalue weighted by Gasteiger charge is 2.23. The van der Waals surface area contributed by atoms with Crippen molar-refractivity contribution < 1.29 is 24.0 Å². The maximum atomic E-state index is 11.5. The summed E-state index contributed by atoms with van der Waals surface area (Å²) in [4.78, 5) is 23.0. The Labute approximate surface area is 110 Å². The van der Waals surface area contributed by atoms with Crippen molar-refractivity contribution in [2.24, 2.45) is 0 Å². The van der Waals surface area contributed by atoms with Crippen molar-refractivity contribution in [1.82, 2.24) is 10.5 Å². The summed E-state index contributed by atoms with van der Waals surface area (Å²) >= 11 is 0. The minimum Gasteiger partial charge on any atom is -0.386 e. The second-order valence-corrected chi connectivity index (χ2v) is 4.39. The molecule has 19 heavy (non-hydrogen) atoms. The van der Waals surface area contributed by atoms with E-state index in [1.54, 1.807) is 6.92 Å². The fourth-order valence-electron chi connectivity index (χ4n) is 1.31. The highest BCUT2D eigenvalue weighted by molar-refractivity contribution is 6.39. The molecule has 0 spiro atoms. The molecule has 1 atom stereocenters. The van der Waals surface area contributed by atoms with Crippen LogP contribution in [-0.4, -0.2) is 47.9 Å². The third kappa shape index (κ3) is 5.06. The van der Waals surface area contributed by atoms with E-state index in [2.05, 4.69) is 15.8 Å². The van der Waals surface area contributed by atoms with Crippen LogP contribution in [-0.2, 0) is 14.3 Å². The Morgan fingerprint density at radius 2 is 2.21 bits per heavy atom. The number of aliphatic hydroxyl groups is 1. The van der Waals surface area contributed by atoms with E-state index in [-0.39, 0.29) is 19.0 Å². The molecule has 1 aromatic rings. The van der Waals surface area contributed by atoms with Gasteiger partial charge in [0.05, 0.1) is 6.61 Å². The van der Waals surface area contributed by atoms with Gasteiger partial charge in [-0.2, -0.15) is 0 Å². The number of anilines is 1. The van der Waals surface area contributed by atoms with E-state index < -0.39 is 17.4 Å². The molecule has 0 bridgehead atoms. The Morgan fingerprint density at radius 1 is 1.53 bits per heavy atom. The number of hydrogen-bond donors (Lipinski definition) is 3. The number of rotatable bonds is 5. The van der Waals surface area contributed by atoms with E-state index >= 15 is 0 Å². The lowest BCUT2D eigenvalue weighted by molar-refractivity contribution is -0.137. The molecule has 8 heteroatoms. The smallest absolute Gasteiger partial charge is 0.314 e. The molecule has 2 amide bonds. The second-order valence-electron chi connectivity index (χ2n) is 4.39. The second kappa shape index (κ2) is 6.30. The summed E-state index contributed by atoms with van der Waals surface area (Å²) in [6, 6.07) is 1.48. The predicted molar refractivity (Wildman–Crippen MR) is 65.4 cm³/mol. The number of ether oxygens (including phenoxy) is 1. The van der Waals surface area contributed by atoms with E-state index in [9.17, 15) is 14.7 Å². The molecule has 3 N–H and O–H groups in total. The largest absolute Gasteiger partial charge is 0.386 e. The van der Waals surface area contributed by atoms with Gasteiger partial charge in [-0.15, -0.1) is 0 Å². The van der Waals surface area contributed by atoms with Crippen LogP contribution in [0.2, 0.25) is 0 Å². The minimum atomic E-state index is -1.24. The molecular formula is C11H17N3O5. The van der Waals surface area contributed by atoms with Crippen LogP contribution in [0.4, 0.5) is 5.82 Å². The van der Waals surface area contributed by atoms with E-state index in [0.717, 1.165) is 0 Å². The fraction of sp³-hybridized carbons (Fsp3) is 0.545. The topological polar surface area (TPSA) is 114 Å². The maximum absolute atomic E-state index is 11.5. The van der Waals surface area contributed by atoms with E-state index in [1.165, 1.54) is 20.1 Å². The van der Waals surface area contributed by atoms with Crippen molar-refractivity contribution in [3.8, 4) is 0 Å². The number of carbonyl (C=O) groups excluding carboxylic acids is 2. The van der Waals surface area contributed by atoms with Crippen LogP contribution in [0, 0.1) is 6.92 Å². The lowest BCUT2D eigenvalue weighted by atomic mass is 10.1. The summed E-state index contributed by atoms with van der Waals surface area (Å²) in [5.74, 6) is -1.10. The Kier molecular flexibility index (Phi) is 5.02. The molecule has 106 valence electrons. The van der Waals surface area contributed by atoms with Gasteiger partial charge in [0, 0.05) is 19.7 Å². The van der Waals surface area contributed by atoms with Gasteiger partial charge in [0.2, 0.25) is 0 Å². The SMILES string of the molecule is COC[C@](C)(O)CNC(=O)C(=O)Nc1cc(C)on1. The van der Waals surface area contributed by atoms with Crippen molar-refractivity contribution in [3.05, 3.63) is 11.8 Å². The monoisotopic (exact) mass is 271 g/mol. The molecule has 0 aliphatic rings. The van der Waals surface area contributed by atoms with Crippen LogP contribution in [0.3, 0.4) is 0 Å². The molecule has 0 fully saturated rings. The Hall–Kier alpha value is -1.93. The van der Waals surface area contributed by atoms with Crippen molar-refractivity contribution in [3.63, 3.8) is 0 Å².